The van der Waals surface area contributed by atoms with Gasteiger partial charge < -0.3 is 25.2 Å². The smallest absolute Gasteiger partial charge is 0.307 e. The average Bonchev–Trinajstić information content (AvgIpc) is 2.94. The highest BCUT2D eigenvalue weighted by molar-refractivity contribution is 5.84. The lowest BCUT2D eigenvalue weighted by molar-refractivity contribution is -0.136. The second kappa shape index (κ2) is 16.3. The summed E-state index contributed by atoms with van der Waals surface area (Å²) in [6, 6.07) is 12.0. The molecular formula is C35H52N4O4. The highest BCUT2D eigenvalue weighted by atomic mass is 16.5. The maximum atomic E-state index is 11.7. The second-order valence-corrected chi connectivity index (χ2v) is 12.5. The van der Waals surface area contributed by atoms with Gasteiger partial charge in [0.15, 0.2) is 0 Å². The van der Waals surface area contributed by atoms with Gasteiger partial charge in [-0.3, -0.25) is 9.78 Å². The lowest BCUT2D eigenvalue weighted by Crippen LogP contribution is -2.38. The number of nitrogens with one attached hydrogen (secondary N) is 1. The van der Waals surface area contributed by atoms with Crippen LogP contribution in [0.15, 0.2) is 48.8 Å². The van der Waals surface area contributed by atoms with Crippen LogP contribution in [0, 0.1) is 19.3 Å². The fraction of sp³-hybridized carbons (Fsp3) is 0.514. The molecule has 1 aliphatic heterocycles. The Hall–Kier alpha value is -3.65. The maximum Gasteiger partial charge on any atom is 0.307 e. The fourth-order valence-electron chi connectivity index (χ4n) is 4.55. The van der Waals surface area contributed by atoms with Gasteiger partial charge in [0, 0.05) is 47.9 Å². The molecule has 2 aromatic heterocycles. The maximum absolute atomic E-state index is 11.7. The van der Waals surface area contributed by atoms with Crippen molar-refractivity contribution in [1.82, 2.24) is 9.97 Å². The Labute approximate surface area is 258 Å². The molecule has 1 aliphatic rings. The number of carboxylic acids is 1. The number of aryl methyl sites for hydroxylation is 2. The molecule has 0 atom stereocenters. The number of carbonyl (C=O) groups is 1. The molecule has 3 heterocycles. The summed E-state index contributed by atoms with van der Waals surface area (Å²) in [5, 5.41) is 21.4. The summed E-state index contributed by atoms with van der Waals surface area (Å²) >= 11 is 0. The predicted molar refractivity (Wildman–Crippen MR) is 177 cm³/mol. The molecular weight excluding hydrogens is 540 g/mol. The Morgan fingerprint density at radius 3 is 2.14 bits per heavy atom. The lowest BCUT2D eigenvalue weighted by atomic mass is 9.82. The van der Waals surface area contributed by atoms with E-state index in [9.17, 15) is 9.90 Å². The number of nitrogens with zero attached hydrogens (tertiary/aromatic N) is 3. The largest absolute Gasteiger partial charge is 0.492 e. The third kappa shape index (κ3) is 12.2. The molecule has 0 spiro atoms. The normalized spacial score (nSPS) is 14.0. The van der Waals surface area contributed by atoms with Crippen molar-refractivity contribution in [3.8, 4) is 16.9 Å². The first-order valence-corrected chi connectivity index (χ1v) is 15.3. The minimum atomic E-state index is -0.846. The first kappa shape index (κ1) is 35.5. The van der Waals surface area contributed by atoms with Crippen LogP contribution >= 0.6 is 0 Å². The molecule has 8 heteroatoms. The van der Waals surface area contributed by atoms with E-state index in [0.717, 1.165) is 65.6 Å². The van der Waals surface area contributed by atoms with Crippen molar-refractivity contribution in [2.24, 2.45) is 5.41 Å². The van der Waals surface area contributed by atoms with Crippen LogP contribution in [0.1, 0.15) is 78.1 Å². The van der Waals surface area contributed by atoms with Gasteiger partial charge in [-0.25, -0.2) is 4.98 Å². The van der Waals surface area contributed by atoms with Gasteiger partial charge in [-0.2, -0.15) is 0 Å². The zero-order chi connectivity index (χ0) is 32.2. The monoisotopic (exact) mass is 592 g/mol. The topological polar surface area (TPSA) is 108 Å². The van der Waals surface area contributed by atoms with Crippen LogP contribution in [0.4, 0.5) is 11.5 Å². The molecule has 0 amide bonds. The zero-order valence-electron chi connectivity index (χ0n) is 27.6. The SMILES string of the molecule is CC.CC(C)(C)O.Cc1ccc(OCCNc2ccc(-c3cnc(C)c(CC(=O)O)c3N3CCC(C)(C)CC3)cn2)cc1. The number of aromatic nitrogens is 2. The highest BCUT2D eigenvalue weighted by Gasteiger charge is 2.29. The number of carboxylic acid groups (broad SMARTS) is 1. The summed E-state index contributed by atoms with van der Waals surface area (Å²) in [4.78, 5) is 23.2. The summed E-state index contributed by atoms with van der Waals surface area (Å²) in [7, 11) is 0. The van der Waals surface area contributed by atoms with Gasteiger partial charge in [-0.1, -0.05) is 45.4 Å². The number of pyridine rings is 2. The Balaban J connectivity index is 0.000000836. The van der Waals surface area contributed by atoms with Crippen LogP contribution in [0.25, 0.3) is 11.1 Å². The van der Waals surface area contributed by atoms with Crippen LogP contribution < -0.4 is 15.0 Å². The predicted octanol–water partition coefficient (Wildman–Crippen LogP) is 7.31. The van der Waals surface area contributed by atoms with Crippen LogP contribution in [0.5, 0.6) is 5.75 Å². The van der Waals surface area contributed by atoms with Crippen LogP contribution in [-0.4, -0.2) is 58.0 Å². The number of rotatable bonds is 9. The van der Waals surface area contributed by atoms with Crippen molar-refractivity contribution in [2.75, 3.05) is 36.5 Å². The van der Waals surface area contributed by atoms with Crippen molar-refractivity contribution >= 4 is 17.5 Å². The highest BCUT2D eigenvalue weighted by Crippen LogP contribution is 2.39. The van der Waals surface area contributed by atoms with E-state index >= 15 is 0 Å². The Kier molecular flexibility index (Phi) is 13.4. The van der Waals surface area contributed by atoms with Crippen LogP contribution in [-0.2, 0) is 11.2 Å². The Morgan fingerprint density at radius 1 is 1.00 bits per heavy atom. The van der Waals surface area contributed by atoms with Gasteiger partial charge >= 0.3 is 5.97 Å². The number of ether oxygens (including phenoxy) is 1. The van der Waals surface area contributed by atoms with E-state index in [-0.39, 0.29) is 6.42 Å². The summed E-state index contributed by atoms with van der Waals surface area (Å²) in [5.74, 6) is 0.767. The molecule has 236 valence electrons. The minimum absolute atomic E-state index is 0.0457. The molecule has 0 bridgehead atoms. The molecule has 0 aliphatic carbocycles. The molecule has 1 saturated heterocycles. The van der Waals surface area contributed by atoms with Crippen molar-refractivity contribution in [3.63, 3.8) is 0 Å². The number of anilines is 2. The molecule has 43 heavy (non-hydrogen) atoms. The van der Waals surface area contributed by atoms with E-state index in [1.807, 2.05) is 69.6 Å². The first-order valence-electron chi connectivity index (χ1n) is 15.3. The standard InChI is InChI=1S/C29H36N4O3.C4H10O.C2H6/c1-20-5-8-23(9-6-20)36-16-13-30-26-10-7-22(18-32-26)25-19-31-21(2)24(17-27(34)35)28(25)33-14-11-29(3,4)12-15-33;1-4(2,3)5;1-2/h5-10,18-19H,11-17H2,1-4H3,(H,30,32)(H,34,35);5H,1-3H3;1-2H3. The number of benzene rings is 1. The fourth-order valence-corrected chi connectivity index (χ4v) is 4.55. The molecule has 3 N–H and O–H groups in total. The number of aliphatic hydroxyl groups is 1. The summed E-state index contributed by atoms with van der Waals surface area (Å²) in [6.45, 7) is 20.7. The lowest BCUT2D eigenvalue weighted by Gasteiger charge is -2.40. The summed E-state index contributed by atoms with van der Waals surface area (Å²) in [5.41, 5.74) is 5.39. The van der Waals surface area contributed by atoms with E-state index in [1.165, 1.54) is 5.56 Å². The van der Waals surface area contributed by atoms with E-state index in [2.05, 4.69) is 41.0 Å². The number of hydrogen-bond donors (Lipinski definition) is 3. The van der Waals surface area contributed by atoms with Crippen LogP contribution in [0.2, 0.25) is 0 Å². The number of hydrogen-bond acceptors (Lipinski definition) is 7. The van der Waals surface area contributed by atoms with Gasteiger partial charge in [0.2, 0.25) is 0 Å². The zero-order valence-corrected chi connectivity index (χ0v) is 27.6. The minimum Gasteiger partial charge on any atom is -0.492 e. The first-order chi connectivity index (χ1) is 20.2. The van der Waals surface area contributed by atoms with Gasteiger partial charge in [0.1, 0.15) is 18.2 Å². The molecule has 0 radical (unpaired) electrons. The molecule has 3 aromatic rings. The molecule has 0 saturated carbocycles. The van der Waals surface area contributed by atoms with Gasteiger partial charge in [-0.05, 0) is 77.1 Å². The van der Waals surface area contributed by atoms with Crippen molar-refractivity contribution < 1.29 is 19.7 Å². The third-order valence-electron chi connectivity index (χ3n) is 6.90. The average molecular weight is 593 g/mol. The van der Waals surface area contributed by atoms with Crippen molar-refractivity contribution in [2.45, 2.75) is 87.2 Å². The molecule has 1 aromatic carbocycles. The van der Waals surface area contributed by atoms with Gasteiger partial charge in [0.05, 0.1) is 24.3 Å². The Morgan fingerprint density at radius 2 is 1.60 bits per heavy atom. The van der Waals surface area contributed by atoms with E-state index < -0.39 is 11.6 Å². The molecule has 8 nitrogen and oxygen atoms in total. The Bertz CT molecular complexity index is 1270. The second-order valence-electron chi connectivity index (χ2n) is 12.5. The van der Waals surface area contributed by atoms with Gasteiger partial charge in [0.25, 0.3) is 0 Å². The van der Waals surface area contributed by atoms with Gasteiger partial charge in [-0.15, -0.1) is 0 Å². The number of piperidine rings is 1. The van der Waals surface area contributed by atoms with E-state index in [4.69, 9.17) is 9.84 Å². The van der Waals surface area contributed by atoms with Crippen molar-refractivity contribution in [1.29, 1.82) is 0 Å². The summed E-state index contributed by atoms with van der Waals surface area (Å²) < 4.78 is 5.78. The van der Waals surface area contributed by atoms with Crippen molar-refractivity contribution in [3.05, 3.63) is 65.6 Å². The third-order valence-corrected chi connectivity index (χ3v) is 6.90. The quantitative estimate of drug-likeness (QED) is 0.222. The van der Waals surface area contributed by atoms with E-state index in [0.29, 0.717) is 18.6 Å². The molecule has 0 unspecified atom stereocenters. The van der Waals surface area contributed by atoms with Crippen LogP contribution in [0.3, 0.4) is 0 Å². The van der Waals surface area contributed by atoms with E-state index in [1.54, 1.807) is 20.8 Å². The molecule has 4 rings (SSSR count). The summed E-state index contributed by atoms with van der Waals surface area (Å²) in [6.07, 6.45) is 5.76. The molecule has 1 fully saturated rings. The number of aliphatic carboxylic acids is 1.